The van der Waals surface area contributed by atoms with E-state index in [0.29, 0.717) is 17.6 Å². The highest BCUT2D eigenvalue weighted by atomic mass is 32.1. The minimum Gasteiger partial charge on any atom is -0.491 e. The number of rotatable bonds is 8. The average Bonchev–Trinajstić information content (AvgIpc) is 3.53. The Hall–Kier alpha value is -2.82. The van der Waals surface area contributed by atoms with E-state index in [4.69, 9.17) is 14.5 Å². The lowest BCUT2D eigenvalue weighted by atomic mass is 10.3. The van der Waals surface area contributed by atoms with Gasteiger partial charge in [-0.2, -0.15) is 0 Å². The Bertz CT molecular complexity index is 1050. The maximum Gasteiger partial charge on any atom is 0.257 e. The fourth-order valence-electron chi connectivity index (χ4n) is 4.14. The van der Waals surface area contributed by atoms with Gasteiger partial charge in [0.05, 0.1) is 17.7 Å². The number of nitrogens with one attached hydrogen (secondary N) is 2. The monoisotopic (exact) mass is 467 g/mol. The zero-order valence-electron chi connectivity index (χ0n) is 18.8. The highest BCUT2D eigenvalue weighted by molar-refractivity contribution is 7.18. The number of pyridine rings is 1. The molecule has 1 aliphatic heterocycles. The molecule has 174 valence electrons. The van der Waals surface area contributed by atoms with Crippen LogP contribution >= 0.6 is 11.3 Å². The number of nitrogens with zero attached hydrogens (tertiary/aromatic N) is 5. The van der Waals surface area contributed by atoms with Gasteiger partial charge in [-0.15, -0.1) is 0 Å². The van der Waals surface area contributed by atoms with Crippen molar-refractivity contribution in [1.29, 1.82) is 0 Å². The van der Waals surface area contributed by atoms with Gasteiger partial charge in [-0.25, -0.2) is 19.9 Å². The Morgan fingerprint density at radius 1 is 1.09 bits per heavy atom. The number of hydrogen-bond donors (Lipinski definition) is 2. The topological polar surface area (TPSA) is 97.3 Å². The third kappa shape index (κ3) is 5.58. The smallest absolute Gasteiger partial charge is 0.257 e. The van der Waals surface area contributed by atoms with E-state index in [0.717, 1.165) is 66.8 Å². The summed E-state index contributed by atoms with van der Waals surface area (Å²) in [4.78, 5) is 21.5. The van der Waals surface area contributed by atoms with E-state index in [1.54, 1.807) is 13.3 Å². The van der Waals surface area contributed by atoms with Crippen LogP contribution in [-0.2, 0) is 6.54 Å². The first-order valence-corrected chi connectivity index (χ1v) is 12.3. The van der Waals surface area contributed by atoms with Crippen LogP contribution in [0.2, 0.25) is 0 Å². The van der Waals surface area contributed by atoms with Gasteiger partial charge in [-0.05, 0) is 37.8 Å². The Balaban J connectivity index is 1.24. The Labute approximate surface area is 197 Å². The van der Waals surface area contributed by atoms with Crippen LogP contribution in [0.3, 0.4) is 0 Å². The average molecular weight is 468 g/mol. The lowest BCUT2D eigenvalue weighted by Gasteiger charge is -2.26. The fraction of sp³-hybridized carbons (Fsp3) is 0.478. The van der Waals surface area contributed by atoms with Crippen molar-refractivity contribution < 1.29 is 9.47 Å². The minimum atomic E-state index is 0.215. The molecule has 10 heteroatoms. The summed E-state index contributed by atoms with van der Waals surface area (Å²) in [7, 11) is 1.64. The molecule has 0 amide bonds. The number of piperazine rings is 1. The number of thiazole rings is 1. The van der Waals surface area contributed by atoms with E-state index in [9.17, 15) is 0 Å². The quantitative estimate of drug-likeness (QED) is 0.516. The summed E-state index contributed by atoms with van der Waals surface area (Å²) in [6.45, 7) is 5.04. The number of anilines is 2. The summed E-state index contributed by atoms with van der Waals surface area (Å²) < 4.78 is 11.6. The van der Waals surface area contributed by atoms with E-state index in [1.165, 1.54) is 24.2 Å². The molecule has 9 nitrogen and oxygen atoms in total. The van der Waals surface area contributed by atoms with E-state index >= 15 is 0 Å². The van der Waals surface area contributed by atoms with Crippen molar-refractivity contribution in [2.75, 3.05) is 38.6 Å². The van der Waals surface area contributed by atoms with Crippen LogP contribution in [0.25, 0.3) is 10.6 Å². The maximum atomic E-state index is 6.13. The van der Waals surface area contributed by atoms with E-state index in [-0.39, 0.29) is 6.10 Å². The first-order chi connectivity index (χ1) is 16.3. The van der Waals surface area contributed by atoms with Crippen molar-refractivity contribution in [3.05, 3.63) is 36.3 Å². The highest BCUT2D eigenvalue weighted by Gasteiger charge is 2.20. The number of aromatic nitrogens is 4. The molecule has 2 N–H and O–H groups in total. The van der Waals surface area contributed by atoms with Gasteiger partial charge in [0.15, 0.2) is 10.9 Å². The van der Waals surface area contributed by atoms with Gasteiger partial charge in [0.2, 0.25) is 5.95 Å². The zero-order valence-corrected chi connectivity index (χ0v) is 19.6. The molecular formula is C23H29N7O2S. The molecule has 2 fully saturated rings. The second-order valence-electron chi connectivity index (χ2n) is 8.32. The van der Waals surface area contributed by atoms with E-state index in [1.807, 2.05) is 24.5 Å². The van der Waals surface area contributed by atoms with Crippen molar-refractivity contribution in [2.45, 2.75) is 38.3 Å². The molecule has 4 heterocycles. The largest absolute Gasteiger partial charge is 0.491 e. The van der Waals surface area contributed by atoms with Crippen LogP contribution in [0.15, 0.2) is 30.7 Å². The molecule has 0 atom stereocenters. The summed E-state index contributed by atoms with van der Waals surface area (Å²) in [5.41, 5.74) is 1.92. The van der Waals surface area contributed by atoms with Gasteiger partial charge in [0, 0.05) is 56.9 Å². The summed E-state index contributed by atoms with van der Waals surface area (Å²) in [6, 6.07) is 3.83. The second-order valence-corrected chi connectivity index (χ2v) is 9.35. The van der Waals surface area contributed by atoms with Crippen molar-refractivity contribution in [1.82, 2.24) is 30.2 Å². The Morgan fingerprint density at radius 2 is 1.88 bits per heavy atom. The van der Waals surface area contributed by atoms with Crippen LogP contribution in [0, 0.1) is 0 Å². The molecule has 5 rings (SSSR count). The molecule has 0 unspecified atom stereocenters. The van der Waals surface area contributed by atoms with Crippen molar-refractivity contribution in [2.24, 2.45) is 0 Å². The van der Waals surface area contributed by atoms with Crippen molar-refractivity contribution >= 4 is 22.4 Å². The van der Waals surface area contributed by atoms with Gasteiger partial charge in [-0.3, -0.25) is 4.90 Å². The molecule has 1 saturated carbocycles. The third-order valence-electron chi connectivity index (χ3n) is 5.92. The number of ether oxygens (including phenoxy) is 2. The predicted octanol–water partition coefficient (Wildman–Crippen LogP) is 3.47. The summed E-state index contributed by atoms with van der Waals surface area (Å²) in [5, 5.41) is 7.29. The Kier molecular flexibility index (Phi) is 6.94. The maximum absolute atomic E-state index is 6.13. The van der Waals surface area contributed by atoms with Crippen LogP contribution in [0.1, 0.15) is 31.2 Å². The van der Waals surface area contributed by atoms with Gasteiger partial charge in [0.25, 0.3) is 5.88 Å². The lowest BCUT2D eigenvalue weighted by Crippen LogP contribution is -2.42. The lowest BCUT2D eigenvalue weighted by molar-refractivity contribution is 0.192. The SMILES string of the molecule is COc1ccc(-c2cnc(Nc3ncc(CN4CCNCC4)cn3)s2)nc1OC1CCCC1. The predicted molar refractivity (Wildman–Crippen MR) is 128 cm³/mol. The normalized spacial score (nSPS) is 17.2. The highest BCUT2D eigenvalue weighted by Crippen LogP contribution is 2.35. The van der Waals surface area contributed by atoms with Crippen LogP contribution in [0.5, 0.6) is 11.6 Å². The second kappa shape index (κ2) is 10.4. The number of methoxy groups -OCH3 is 1. The summed E-state index contributed by atoms with van der Waals surface area (Å²) >= 11 is 1.50. The summed E-state index contributed by atoms with van der Waals surface area (Å²) in [5.74, 6) is 1.74. The van der Waals surface area contributed by atoms with Crippen molar-refractivity contribution in [3.63, 3.8) is 0 Å². The third-order valence-corrected chi connectivity index (χ3v) is 6.86. The van der Waals surface area contributed by atoms with Crippen LogP contribution in [-0.4, -0.2) is 64.2 Å². The van der Waals surface area contributed by atoms with E-state index < -0.39 is 0 Å². The molecule has 33 heavy (non-hydrogen) atoms. The van der Waals surface area contributed by atoms with Crippen LogP contribution < -0.4 is 20.1 Å². The zero-order chi connectivity index (χ0) is 22.5. The molecular weight excluding hydrogens is 438 g/mol. The minimum absolute atomic E-state index is 0.215. The molecule has 1 saturated heterocycles. The molecule has 3 aromatic heterocycles. The van der Waals surface area contributed by atoms with Crippen molar-refractivity contribution in [3.8, 4) is 22.2 Å². The van der Waals surface area contributed by atoms with Gasteiger partial charge < -0.3 is 20.1 Å². The van der Waals surface area contributed by atoms with Gasteiger partial charge in [0.1, 0.15) is 6.10 Å². The first-order valence-electron chi connectivity index (χ1n) is 11.5. The number of hydrogen-bond acceptors (Lipinski definition) is 10. The molecule has 0 spiro atoms. The molecule has 2 aliphatic rings. The standard InChI is InChI=1S/C23H29N7O2S/c1-31-19-7-6-18(28-21(19)32-17-4-2-3-5-17)20-14-27-23(33-20)29-22-25-12-16(13-26-22)15-30-10-8-24-9-11-30/h6-7,12-14,17,24H,2-5,8-11,15H2,1H3,(H,25,26,27,29). The molecule has 1 aliphatic carbocycles. The van der Waals surface area contributed by atoms with Crippen LogP contribution in [0.4, 0.5) is 11.1 Å². The molecule has 0 aromatic carbocycles. The van der Waals surface area contributed by atoms with Gasteiger partial charge in [-0.1, -0.05) is 11.3 Å². The van der Waals surface area contributed by atoms with Gasteiger partial charge >= 0.3 is 0 Å². The molecule has 3 aromatic rings. The molecule has 0 radical (unpaired) electrons. The Morgan fingerprint density at radius 3 is 2.64 bits per heavy atom. The fourth-order valence-corrected chi connectivity index (χ4v) is 4.92. The first kappa shape index (κ1) is 22.0. The van der Waals surface area contributed by atoms with E-state index in [2.05, 4.69) is 30.5 Å². The summed E-state index contributed by atoms with van der Waals surface area (Å²) in [6.07, 6.45) is 10.3. The molecule has 0 bridgehead atoms.